The van der Waals surface area contributed by atoms with Crippen LogP contribution in [0.2, 0.25) is 0 Å². The van der Waals surface area contributed by atoms with E-state index in [0.717, 1.165) is 6.07 Å². The zero-order valence-electron chi connectivity index (χ0n) is 13.8. The molecule has 1 heterocycles. The number of nitrogens with one attached hydrogen (secondary N) is 1. The van der Waals surface area contributed by atoms with Crippen molar-refractivity contribution in [2.24, 2.45) is 0 Å². The van der Waals surface area contributed by atoms with E-state index in [-0.39, 0.29) is 22.7 Å². The van der Waals surface area contributed by atoms with Crippen molar-refractivity contribution in [2.45, 2.75) is 13.8 Å². The topological polar surface area (TPSA) is 121 Å². The van der Waals surface area contributed by atoms with Gasteiger partial charge in [0.1, 0.15) is 22.8 Å². The molecule has 2 aromatic rings. The summed E-state index contributed by atoms with van der Waals surface area (Å²) in [6.07, 6.45) is 0. The van der Waals surface area contributed by atoms with Crippen LogP contribution in [0.15, 0.2) is 28.7 Å². The number of ether oxygens (including phenoxy) is 2. The highest BCUT2D eigenvalue weighted by atomic mass is 16.6. The molecule has 0 aliphatic heterocycles. The van der Waals surface area contributed by atoms with Crippen LogP contribution in [-0.4, -0.2) is 30.5 Å². The van der Waals surface area contributed by atoms with E-state index in [1.165, 1.54) is 25.3 Å². The van der Waals surface area contributed by atoms with Crippen LogP contribution in [0.3, 0.4) is 0 Å². The van der Waals surface area contributed by atoms with Gasteiger partial charge < -0.3 is 19.2 Å². The number of methoxy groups -OCH3 is 1. The number of benzene rings is 1. The molecule has 0 bridgehead atoms. The van der Waals surface area contributed by atoms with Gasteiger partial charge in [0.2, 0.25) is 0 Å². The predicted octanol–water partition coefficient (Wildman–Crippen LogP) is 2.61. The molecule has 1 aromatic carbocycles. The lowest BCUT2D eigenvalue weighted by Gasteiger charge is -2.10. The van der Waals surface area contributed by atoms with E-state index < -0.39 is 23.4 Å². The molecule has 1 N–H and O–H groups in total. The molecule has 9 heteroatoms. The number of anilines is 1. The maximum absolute atomic E-state index is 12.0. The number of amides is 1. The number of carbonyl (C=O) groups is 2. The second-order valence-electron chi connectivity index (χ2n) is 5.09. The third-order valence-electron chi connectivity index (χ3n) is 3.26. The van der Waals surface area contributed by atoms with Crippen molar-refractivity contribution in [3.63, 3.8) is 0 Å². The van der Waals surface area contributed by atoms with Crippen molar-refractivity contribution in [3.8, 4) is 5.75 Å². The summed E-state index contributed by atoms with van der Waals surface area (Å²) in [4.78, 5) is 34.1. The summed E-state index contributed by atoms with van der Waals surface area (Å²) in [6, 6.07) is 5.27. The molecule has 9 nitrogen and oxygen atoms in total. The lowest BCUT2D eigenvalue weighted by Crippen LogP contribution is -2.21. The molecule has 1 amide bonds. The average molecular weight is 348 g/mol. The van der Waals surface area contributed by atoms with Crippen LogP contribution in [0, 0.1) is 24.0 Å². The van der Waals surface area contributed by atoms with Gasteiger partial charge in [-0.2, -0.15) is 0 Å². The molecule has 1 aromatic heterocycles. The van der Waals surface area contributed by atoms with Crippen LogP contribution in [0.1, 0.15) is 21.9 Å². The van der Waals surface area contributed by atoms with Gasteiger partial charge in [-0.25, -0.2) is 4.79 Å². The first kappa shape index (κ1) is 18.0. The number of hydrogen-bond donors (Lipinski definition) is 1. The molecule has 0 aliphatic carbocycles. The van der Waals surface area contributed by atoms with Crippen LogP contribution < -0.4 is 10.1 Å². The van der Waals surface area contributed by atoms with Gasteiger partial charge in [0.05, 0.1) is 17.7 Å². The molecular formula is C16H16N2O7. The number of non-ortho nitro benzene ring substituents is 1. The second kappa shape index (κ2) is 7.47. The number of nitrogens with zero attached hydrogens (tertiary/aromatic N) is 1. The van der Waals surface area contributed by atoms with Crippen LogP contribution in [0.25, 0.3) is 0 Å². The van der Waals surface area contributed by atoms with Gasteiger partial charge >= 0.3 is 5.97 Å². The van der Waals surface area contributed by atoms with Gasteiger partial charge in [0.15, 0.2) is 6.61 Å². The molecule has 0 fully saturated rings. The molecule has 0 radical (unpaired) electrons. The normalized spacial score (nSPS) is 10.2. The molecule has 0 aliphatic rings. The molecule has 25 heavy (non-hydrogen) atoms. The zero-order chi connectivity index (χ0) is 18.6. The molecule has 0 unspecified atom stereocenters. The fourth-order valence-corrected chi connectivity index (χ4v) is 2.14. The number of rotatable bonds is 6. The zero-order valence-corrected chi connectivity index (χ0v) is 13.8. The Morgan fingerprint density at radius 2 is 2.00 bits per heavy atom. The van der Waals surface area contributed by atoms with Gasteiger partial charge in [0.25, 0.3) is 11.6 Å². The number of nitro benzene ring substituents is 1. The highest BCUT2D eigenvalue weighted by molar-refractivity contribution is 5.97. The van der Waals surface area contributed by atoms with Crippen LogP contribution in [0.4, 0.5) is 11.4 Å². The largest absolute Gasteiger partial charge is 0.495 e. The molecule has 0 atom stereocenters. The standard InChI is InChI=1S/C16H16N2O7/c1-9-6-12(10(2)25-9)16(20)24-8-15(19)17-13-7-11(18(21)22)4-5-14(13)23-3/h4-7H,8H2,1-3H3,(H,17,19). The quantitative estimate of drug-likeness (QED) is 0.484. The Hall–Kier alpha value is -3.36. The van der Waals surface area contributed by atoms with Crippen molar-refractivity contribution < 1.29 is 28.4 Å². The first-order valence-corrected chi connectivity index (χ1v) is 7.18. The van der Waals surface area contributed by atoms with E-state index in [4.69, 9.17) is 13.9 Å². The molecule has 0 spiro atoms. The molecule has 132 valence electrons. The van der Waals surface area contributed by atoms with Gasteiger partial charge in [-0.1, -0.05) is 0 Å². The predicted molar refractivity (Wildman–Crippen MR) is 86.7 cm³/mol. The number of aryl methyl sites for hydroxylation is 2. The average Bonchev–Trinajstić information content (AvgIpc) is 2.91. The number of furan rings is 1. The van der Waals surface area contributed by atoms with E-state index in [1.807, 2.05) is 0 Å². The van der Waals surface area contributed by atoms with Crippen molar-refractivity contribution >= 4 is 23.3 Å². The summed E-state index contributed by atoms with van der Waals surface area (Å²) in [6.45, 7) is 2.73. The van der Waals surface area contributed by atoms with Gasteiger partial charge in [-0.05, 0) is 26.0 Å². The smallest absolute Gasteiger partial charge is 0.342 e. The Morgan fingerprint density at radius 1 is 1.28 bits per heavy atom. The second-order valence-corrected chi connectivity index (χ2v) is 5.09. The number of nitro groups is 1. The maximum Gasteiger partial charge on any atom is 0.342 e. The van der Waals surface area contributed by atoms with E-state index >= 15 is 0 Å². The highest BCUT2D eigenvalue weighted by Gasteiger charge is 2.18. The van der Waals surface area contributed by atoms with Crippen molar-refractivity contribution in [3.05, 3.63) is 51.5 Å². The minimum atomic E-state index is -0.699. The summed E-state index contributed by atoms with van der Waals surface area (Å²) in [5.74, 6) is -0.175. The molecule has 2 rings (SSSR count). The number of carbonyl (C=O) groups excluding carboxylic acids is 2. The Morgan fingerprint density at radius 3 is 2.56 bits per heavy atom. The first-order valence-electron chi connectivity index (χ1n) is 7.18. The highest BCUT2D eigenvalue weighted by Crippen LogP contribution is 2.28. The van der Waals surface area contributed by atoms with Crippen LogP contribution in [-0.2, 0) is 9.53 Å². The third kappa shape index (κ3) is 4.34. The summed E-state index contributed by atoms with van der Waals surface area (Å²) in [5, 5.41) is 13.2. The fraction of sp³-hybridized carbons (Fsp3) is 0.250. The summed E-state index contributed by atoms with van der Waals surface area (Å²) < 4.78 is 15.2. The van der Waals surface area contributed by atoms with Gasteiger partial charge in [-0.15, -0.1) is 0 Å². The van der Waals surface area contributed by atoms with Crippen molar-refractivity contribution in [1.29, 1.82) is 0 Å². The Balaban J connectivity index is 2.02. The Kier molecular flexibility index (Phi) is 5.38. The number of esters is 1. The molecule has 0 saturated heterocycles. The van der Waals surface area contributed by atoms with E-state index in [9.17, 15) is 19.7 Å². The number of hydrogen-bond acceptors (Lipinski definition) is 7. The lowest BCUT2D eigenvalue weighted by atomic mass is 10.2. The van der Waals surface area contributed by atoms with Gasteiger partial charge in [-0.3, -0.25) is 14.9 Å². The summed E-state index contributed by atoms with van der Waals surface area (Å²) in [5.41, 5.74) is 0.129. The van der Waals surface area contributed by atoms with E-state index in [0.29, 0.717) is 11.5 Å². The first-order chi connectivity index (χ1) is 11.8. The maximum atomic E-state index is 12.0. The molecular weight excluding hydrogens is 332 g/mol. The van der Waals surface area contributed by atoms with E-state index in [2.05, 4.69) is 5.32 Å². The minimum Gasteiger partial charge on any atom is -0.495 e. The van der Waals surface area contributed by atoms with Crippen LogP contribution in [0.5, 0.6) is 5.75 Å². The van der Waals surface area contributed by atoms with Crippen molar-refractivity contribution in [1.82, 2.24) is 0 Å². The van der Waals surface area contributed by atoms with E-state index in [1.54, 1.807) is 13.8 Å². The summed E-state index contributed by atoms with van der Waals surface area (Å²) >= 11 is 0. The molecule has 0 saturated carbocycles. The monoisotopic (exact) mass is 348 g/mol. The van der Waals surface area contributed by atoms with Crippen LogP contribution >= 0.6 is 0 Å². The summed E-state index contributed by atoms with van der Waals surface area (Å²) in [7, 11) is 1.36. The SMILES string of the molecule is COc1ccc([N+](=O)[O-])cc1NC(=O)COC(=O)c1cc(C)oc1C. The lowest BCUT2D eigenvalue weighted by molar-refractivity contribution is -0.384. The Labute approximate surface area is 142 Å². The van der Waals surface area contributed by atoms with Gasteiger partial charge in [0, 0.05) is 12.1 Å². The van der Waals surface area contributed by atoms with Crippen molar-refractivity contribution in [2.75, 3.05) is 19.0 Å². The minimum absolute atomic E-state index is 0.105. The third-order valence-corrected chi connectivity index (χ3v) is 3.26. The fourth-order valence-electron chi connectivity index (χ4n) is 2.14. The Bertz CT molecular complexity index is 826.